The summed E-state index contributed by atoms with van der Waals surface area (Å²) >= 11 is 0. The summed E-state index contributed by atoms with van der Waals surface area (Å²) in [6, 6.07) is 0. The summed E-state index contributed by atoms with van der Waals surface area (Å²) in [5.41, 5.74) is 0. The first-order valence-electron chi connectivity index (χ1n) is 12.1. The van der Waals surface area contributed by atoms with Crippen LogP contribution in [0.5, 0.6) is 0 Å². The summed E-state index contributed by atoms with van der Waals surface area (Å²) in [7, 11) is 0. The molecule has 0 aromatic rings. The van der Waals surface area contributed by atoms with Crippen LogP contribution in [-0.2, 0) is 9.47 Å². The molecule has 0 spiro atoms. The van der Waals surface area contributed by atoms with Crippen molar-refractivity contribution in [2.45, 2.75) is 121 Å². The molecular formula is C24H46O5. The molecule has 172 valence electrons. The molecule has 5 nitrogen and oxygen atoms in total. The quantitative estimate of drug-likeness (QED) is 0.227. The van der Waals surface area contributed by atoms with Gasteiger partial charge in [0.05, 0.1) is 13.2 Å². The lowest BCUT2D eigenvalue weighted by molar-refractivity contribution is -0.211. The van der Waals surface area contributed by atoms with Crippen LogP contribution in [0.2, 0.25) is 0 Å². The summed E-state index contributed by atoms with van der Waals surface area (Å²) in [5.74, 6) is 0. The minimum atomic E-state index is -0.991. The Morgan fingerprint density at radius 1 is 0.828 bits per heavy atom. The van der Waals surface area contributed by atoms with Gasteiger partial charge in [-0.15, -0.1) is 0 Å². The van der Waals surface area contributed by atoms with E-state index in [1.807, 2.05) is 0 Å². The van der Waals surface area contributed by atoms with Crippen LogP contribution >= 0.6 is 0 Å². The predicted octanol–water partition coefficient (Wildman–Crippen LogP) is 4.52. The number of allylic oxidation sites excluding steroid dienone is 2. The van der Waals surface area contributed by atoms with E-state index < -0.39 is 24.4 Å². The van der Waals surface area contributed by atoms with Gasteiger partial charge >= 0.3 is 0 Å². The highest BCUT2D eigenvalue weighted by molar-refractivity contribution is 4.87. The van der Waals surface area contributed by atoms with E-state index in [4.69, 9.17) is 9.47 Å². The topological polar surface area (TPSA) is 79.2 Å². The Kier molecular flexibility index (Phi) is 16.8. The van der Waals surface area contributed by atoms with Crippen LogP contribution in [0.15, 0.2) is 12.2 Å². The van der Waals surface area contributed by atoms with Gasteiger partial charge in [-0.2, -0.15) is 0 Å². The van der Waals surface area contributed by atoms with E-state index in [1.54, 1.807) is 0 Å². The molecule has 1 fully saturated rings. The molecule has 0 amide bonds. The lowest BCUT2D eigenvalue weighted by Gasteiger charge is -2.37. The molecular weight excluding hydrogens is 368 g/mol. The molecule has 3 N–H and O–H groups in total. The fourth-order valence-corrected chi connectivity index (χ4v) is 3.79. The Morgan fingerprint density at radius 3 is 1.97 bits per heavy atom. The molecule has 1 heterocycles. The van der Waals surface area contributed by atoms with Gasteiger partial charge in [-0.3, -0.25) is 0 Å². The van der Waals surface area contributed by atoms with Crippen LogP contribution in [0.1, 0.15) is 96.8 Å². The number of ether oxygens (including phenoxy) is 2. The molecule has 1 aliphatic heterocycles. The Hall–Kier alpha value is -0.460. The van der Waals surface area contributed by atoms with E-state index in [0.29, 0.717) is 6.61 Å². The summed E-state index contributed by atoms with van der Waals surface area (Å²) < 4.78 is 11.0. The van der Waals surface area contributed by atoms with Gasteiger partial charge in [0.1, 0.15) is 24.4 Å². The Morgan fingerprint density at radius 2 is 1.38 bits per heavy atom. The van der Waals surface area contributed by atoms with E-state index in [9.17, 15) is 15.3 Å². The average Bonchev–Trinajstić information content (AvgIpc) is 2.73. The zero-order chi connectivity index (χ0) is 21.2. The SMILES string of the molecule is CCCCCCCC/C=C/CCCCCCCCO[C@@H]1[C@@H](O)[C@H](O)CO[C@H]1CO. The third kappa shape index (κ3) is 12.7. The van der Waals surface area contributed by atoms with E-state index in [2.05, 4.69) is 19.1 Å². The number of rotatable bonds is 18. The minimum Gasteiger partial charge on any atom is -0.394 e. The molecule has 4 atom stereocenters. The maximum absolute atomic E-state index is 10.0. The van der Waals surface area contributed by atoms with Gasteiger partial charge in [0.2, 0.25) is 0 Å². The average molecular weight is 415 g/mol. The van der Waals surface area contributed by atoms with E-state index >= 15 is 0 Å². The van der Waals surface area contributed by atoms with Gasteiger partial charge in [-0.1, -0.05) is 76.9 Å². The van der Waals surface area contributed by atoms with Crippen molar-refractivity contribution >= 4 is 0 Å². The third-order valence-corrected chi connectivity index (χ3v) is 5.72. The minimum absolute atomic E-state index is 0.0422. The number of unbranched alkanes of at least 4 members (excludes halogenated alkanes) is 12. The lowest BCUT2D eigenvalue weighted by atomic mass is 10.0. The fraction of sp³-hybridized carbons (Fsp3) is 0.917. The molecule has 0 radical (unpaired) electrons. The second kappa shape index (κ2) is 18.3. The zero-order valence-electron chi connectivity index (χ0n) is 18.6. The van der Waals surface area contributed by atoms with Gasteiger partial charge in [-0.05, 0) is 32.1 Å². The van der Waals surface area contributed by atoms with Crippen LogP contribution in [0.25, 0.3) is 0 Å². The molecule has 0 unspecified atom stereocenters. The van der Waals surface area contributed by atoms with Crippen molar-refractivity contribution in [3.8, 4) is 0 Å². The maximum Gasteiger partial charge on any atom is 0.114 e. The van der Waals surface area contributed by atoms with Crippen LogP contribution in [-0.4, -0.2) is 59.6 Å². The van der Waals surface area contributed by atoms with Crippen molar-refractivity contribution in [2.24, 2.45) is 0 Å². The van der Waals surface area contributed by atoms with E-state index in [-0.39, 0.29) is 13.2 Å². The molecule has 0 aliphatic carbocycles. The van der Waals surface area contributed by atoms with Crippen molar-refractivity contribution < 1.29 is 24.8 Å². The summed E-state index contributed by atoms with van der Waals surface area (Å²) in [6.45, 7) is 2.62. The largest absolute Gasteiger partial charge is 0.394 e. The zero-order valence-corrected chi connectivity index (χ0v) is 18.6. The molecule has 5 heteroatoms. The van der Waals surface area contributed by atoms with Crippen molar-refractivity contribution in [1.82, 2.24) is 0 Å². The Bertz CT molecular complexity index is 385. The van der Waals surface area contributed by atoms with Gasteiger partial charge in [-0.25, -0.2) is 0 Å². The molecule has 1 saturated heterocycles. The number of aliphatic hydroxyl groups is 3. The third-order valence-electron chi connectivity index (χ3n) is 5.72. The van der Waals surface area contributed by atoms with Gasteiger partial charge in [0, 0.05) is 6.61 Å². The highest BCUT2D eigenvalue weighted by Crippen LogP contribution is 2.19. The van der Waals surface area contributed by atoms with E-state index in [0.717, 1.165) is 12.8 Å². The van der Waals surface area contributed by atoms with Gasteiger partial charge in [0.25, 0.3) is 0 Å². The highest BCUT2D eigenvalue weighted by Gasteiger charge is 2.39. The number of hydrogen-bond acceptors (Lipinski definition) is 5. The first-order valence-corrected chi connectivity index (χ1v) is 12.1. The Balaban J connectivity index is 1.88. The first-order chi connectivity index (χ1) is 14.2. The second-order valence-electron chi connectivity index (χ2n) is 8.39. The monoisotopic (exact) mass is 414 g/mol. The highest BCUT2D eigenvalue weighted by atomic mass is 16.6. The molecule has 1 aliphatic rings. The molecule has 0 aromatic heterocycles. The van der Waals surface area contributed by atoms with Gasteiger partial charge < -0.3 is 24.8 Å². The van der Waals surface area contributed by atoms with E-state index in [1.165, 1.54) is 77.0 Å². The van der Waals surface area contributed by atoms with Crippen molar-refractivity contribution in [3.63, 3.8) is 0 Å². The lowest BCUT2D eigenvalue weighted by Crippen LogP contribution is -2.55. The van der Waals surface area contributed by atoms with Crippen LogP contribution < -0.4 is 0 Å². The van der Waals surface area contributed by atoms with Crippen molar-refractivity contribution in [1.29, 1.82) is 0 Å². The molecule has 29 heavy (non-hydrogen) atoms. The summed E-state index contributed by atoms with van der Waals surface area (Å²) in [6.07, 6.45) is 19.2. The molecule has 1 rings (SSSR count). The van der Waals surface area contributed by atoms with Crippen molar-refractivity contribution in [3.05, 3.63) is 12.2 Å². The second-order valence-corrected chi connectivity index (χ2v) is 8.39. The first kappa shape index (κ1) is 26.6. The smallest absolute Gasteiger partial charge is 0.114 e. The molecule has 0 bridgehead atoms. The standard InChI is InChI=1S/C24H46O5/c1-2-3-4-5-6-7-8-9-10-11-12-13-14-15-16-17-18-28-24-22(19-25)29-20-21(26)23(24)27/h9-10,21-27H,2-8,11-20H2,1H3/b10-9+/t21-,22+,23+,24+/m1/s1. The number of aliphatic hydroxyl groups excluding tert-OH is 3. The predicted molar refractivity (Wildman–Crippen MR) is 118 cm³/mol. The Labute approximate surface area is 178 Å². The molecule has 0 saturated carbocycles. The maximum atomic E-state index is 10.0. The fourth-order valence-electron chi connectivity index (χ4n) is 3.79. The van der Waals surface area contributed by atoms with Gasteiger partial charge in [0.15, 0.2) is 0 Å². The molecule has 0 aromatic carbocycles. The normalized spacial score (nSPS) is 25.1. The van der Waals surface area contributed by atoms with Crippen molar-refractivity contribution in [2.75, 3.05) is 19.8 Å². The number of hydrogen-bond donors (Lipinski definition) is 3. The van der Waals surface area contributed by atoms with Crippen LogP contribution in [0.4, 0.5) is 0 Å². The summed E-state index contributed by atoms with van der Waals surface area (Å²) in [5, 5.41) is 29.0. The summed E-state index contributed by atoms with van der Waals surface area (Å²) in [4.78, 5) is 0. The van der Waals surface area contributed by atoms with Crippen LogP contribution in [0, 0.1) is 0 Å². The van der Waals surface area contributed by atoms with Crippen LogP contribution in [0.3, 0.4) is 0 Å².